The molecule has 0 aliphatic carbocycles. The van der Waals surface area contributed by atoms with Crippen LogP contribution in [0, 0.1) is 0 Å². The first-order valence-corrected chi connectivity index (χ1v) is 0.632. The fourth-order valence-electron chi connectivity index (χ4n) is 0. The second-order valence-electron chi connectivity index (χ2n) is 0.266. The molecule has 0 rings (SSSR count). The van der Waals surface area contributed by atoms with Crippen molar-refractivity contribution in [2.24, 2.45) is 0 Å². The van der Waals surface area contributed by atoms with Crippen LogP contribution in [0.5, 0.6) is 0 Å². The second-order valence-corrected chi connectivity index (χ2v) is 0.266. The summed E-state index contributed by atoms with van der Waals surface area (Å²) in [5.41, 5.74) is 0. The Kier molecular flexibility index (Phi) is 122. The first kappa shape index (κ1) is 37.4. The van der Waals surface area contributed by atoms with Gasteiger partial charge in [0, 0.05) is 0 Å². The van der Waals surface area contributed by atoms with Crippen LogP contribution in [0.2, 0.25) is 0 Å². The minimum Gasteiger partial charge on any atom is -1.00 e. The molecule has 0 amide bonds. The van der Waals surface area contributed by atoms with Crippen LogP contribution in [0.15, 0.2) is 0 Å². The Morgan fingerprint density at radius 3 is 1.22 bits per heavy atom. The van der Waals surface area contributed by atoms with Crippen LogP contribution in [-0.4, -0.2) is 16.7 Å². The van der Waals surface area contributed by atoms with Crippen LogP contribution in [0.4, 0.5) is 4.79 Å². The molecule has 0 aromatic heterocycles. The summed E-state index contributed by atoms with van der Waals surface area (Å²) < 4.78 is 0. The normalized spacial score (nSPS) is 2.67. The van der Waals surface area contributed by atoms with E-state index in [4.69, 9.17) is 15.0 Å². The van der Waals surface area contributed by atoms with Gasteiger partial charge in [-0.05, 0) is 0 Å². The Balaban J connectivity index is -0.00000000450. The van der Waals surface area contributed by atoms with Crippen LogP contribution in [-0.2, 0) is 0 Å². The van der Waals surface area contributed by atoms with Gasteiger partial charge in [0.2, 0.25) is 6.16 Å². The molecule has 0 radical (unpaired) electrons. The van der Waals surface area contributed by atoms with E-state index in [1.54, 1.807) is 0 Å². The fourth-order valence-corrected chi connectivity index (χ4v) is 0. The van der Waals surface area contributed by atoms with Crippen molar-refractivity contribution < 1.29 is 192 Å². The van der Waals surface area contributed by atoms with E-state index in [0.717, 1.165) is 0 Å². The molecule has 0 atom stereocenters. The zero-order chi connectivity index (χ0) is 3.58. The second kappa shape index (κ2) is 29.3. The number of rotatable bonds is 0. The molecular weight excluding hydrogens is 273 g/mol. The van der Waals surface area contributed by atoms with Crippen molar-refractivity contribution in [3.8, 4) is 0 Å². The van der Waals surface area contributed by atoms with Gasteiger partial charge < -0.3 is 37.5 Å². The van der Waals surface area contributed by atoms with E-state index in [1.807, 2.05) is 0 Å². The molecule has 0 aliphatic rings. The van der Waals surface area contributed by atoms with Crippen molar-refractivity contribution in [1.82, 2.24) is 0 Å². The predicted molar refractivity (Wildman–Crippen MR) is 9.96 cm³/mol. The van der Waals surface area contributed by atoms with Gasteiger partial charge in [0.25, 0.3) is 0 Å². The molecule has 4 nitrogen and oxygen atoms in total. The Bertz CT molecular complexity index is 38.8. The first-order valence-electron chi connectivity index (χ1n) is 0.632. The molecule has 0 bridgehead atoms. The molecule has 40 valence electrons. The van der Waals surface area contributed by atoms with E-state index in [9.17, 15) is 0 Å². The monoisotopic (exact) mass is 274 g/mol. The maximum absolute atomic E-state index is 8.44. The topological polar surface area (TPSA) is 90.4 Å². The van der Waals surface area contributed by atoms with Gasteiger partial charge >= 0.3 is 154 Å². The van der Waals surface area contributed by atoms with Crippen molar-refractivity contribution in [2.45, 2.75) is 0 Å². The van der Waals surface area contributed by atoms with E-state index in [1.165, 1.54) is 0 Å². The SMILES string of the molecule is O=C([O-])O.[Br-].[K+].[K+].[K+].[OH-]. The Morgan fingerprint density at radius 1 is 1.22 bits per heavy atom. The van der Waals surface area contributed by atoms with Gasteiger partial charge in [-0.2, -0.15) is 0 Å². The Morgan fingerprint density at radius 2 is 1.22 bits per heavy atom. The number of carbonyl (C=O) groups is 1. The summed E-state index contributed by atoms with van der Waals surface area (Å²) >= 11 is 0. The fraction of sp³-hybridized carbons (Fsp3) is 0. The number of halogens is 1. The predicted octanol–water partition coefficient (Wildman–Crippen LogP) is -13.3. The first-order chi connectivity index (χ1) is 1.73. The van der Waals surface area contributed by atoms with Gasteiger partial charge in [-0.1, -0.05) is 0 Å². The quantitative estimate of drug-likeness (QED) is 0.444. The van der Waals surface area contributed by atoms with Gasteiger partial charge in [0.05, 0.1) is 0 Å². The van der Waals surface area contributed by atoms with Crippen LogP contribution >= 0.6 is 0 Å². The third-order valence-corrected chi connectivity index (χ3v) is 0. The summed E-state index contributed by atoms with van der Waals surface area (Å²) in [7, 11) is 0. The van der Waals surface area contributed by atoms with E-state index in [2.05, 4.69) is 0 Å². The summed E-state index contributed by atoms with van der Waals surface area (Å²) in [5.74, 6) is 0. The zero-order valence-electron chi connectivity index (χ0n) is 5.59. The Labute approximate surface area is 191 Å². The molecule has 0 aromatic rings. The molecule has 0 saturated heterocycles. The third kappa shape index (κ3) is 66.7. The average molecular weight is 275 g/mol. The summed E-state index contributed by atoms with van der Waals surface area (Å²) in [6.07, 6.45) is -2.08. The van der Waals surface area contributed by atoms with Crippen molar-refractivity contribution in [3.05, 3.63) is 0 Å². The molecule has 0 saturated carbocycles. The number of hydrogen-bond acceptors (Lipinski definition) is 3. The van der Waals surface area contributed by atoms with Crippen molar-refractivity contribution in [3.63, 3.8) is 0 Å². The average Bonchev–Trinajstić information content (AvgIpc) is 0.811. The summed E-state index contributed by atoms with van der Waals surface area (Å²) in [5, 5.41) is 15.3. The van der Waals surface area contributed by atoms with Crippen molar-refractivity contribution in [1.29, 1.82) is 0 Å². The molecule has 0 fully saturated rings. The maximum atomic E-state index is 8.44. The van der Waals surface area contributed by atoms with Crippen molar-refractivity contribution >= 4 is 6.16 Å². The molecule has 0 aliphatic heterocycles. The molecule has 9 heavy (non-hydrogen) atoms. The molecule has 8 heteroatoms. The van der Waals surface area contributed by atoms with Crippen LogP contribution in [0.1, 0.15) is 0 Å². The van der Waals surface area contributed by atoms with Gasteiger partial charge in [-0.3, -0.25) is 0 Å². The third-order valence-electron chi connectivity index (χ3n) is 0. The standard InChI is InChI=1S/CH2O3.BrH.3K.H2O/c2-1(3)4;;;;;/h(H2,2,3,4);1H;;;;1H2/q;;3*+1;/p-3. The molecular formula is CH2BrK3O4. The van der Waals surface area contributed by atoms with E-state index >= 15 is 0 Å². The molecule has 0 heterocycles. The maximum Gasteiger partial charge on any atom is 1.00 e. The molecule has 0 aromatic carbocycles. The summed E-state index contributed by atoms with van der Waals surface area (Å²) in [6, 6.07) is 0. The van der Waals surface area contributed by atoms with E-state index in [0.29, 0.717) is 0 Å². The molecule has 0 spiro atoms. The van der Waals surface area contributed by atoms with Gasteiger partial charge in [0.1, 0.15) is 0 Å². The largest absolute Gasteiger partial charge is 1.00 e. The molecule has 0 unspecified atom stereocenters. The van der Waals surface area contributed by atoms with Gasteiger partial charge in [-0.15, -0.1) is 0 Å². The molecule has 2 N–H and O–H groups in total. The van der Waals surface area contributed by atoms with Gasteiger partial charge in [0.15, 0.2) is 0 Å². The van der Waals surface area contributed by atoms with E-state index < -0.39 is 6.16 Å². The van der Waals surface area contributed by atoms with Crippen molar-refractivity contribution in [2.75, 3.05) is 0 Å². The zero-order valence-corrected chi connectivity index (χ0v) is 16.5. The van der Waals surface area contributed by atoms with E-state index in [-0.39, 0.29) is 177 Å². The van der Waals surface area contributed by atoms with Crippen LogP contribution in [0.3, 0.4) is 0 Å². The summed E-state index contributed by atoms with van der Waals surface area (Å²) in [6.45, 7) is 0. The number of carboxylic acid groups (broad SMARTS) is 2. The minimum absolute atomic E-state index is 0. The minimum atomic E-state index is -2.08. The van der Waals surface area contributed by atoms with Crippen LogP contribution < -0.4 is 176 Å². The smallest absolute Gasteiger partial charge is 1.00 e. The number of hydrogen-bond donors (Lipinski definition) is 1. The Hall–Kier alpha value is 4.62. The summed E-state index contributed by atoms with van der Waals surface area (Å²) in [4.78, 5) is 8.44. The van der Waals surface area contributed by atoms with Gasteiger partial charge in [-0.25, -0.2) is 0 Å². The van der Waals surface area contributed by atoms with Crippen LogP contribution in [0.25, 0.3) is 0 Å².